The normalized spacial score (nSPS) is 14.3. The summed E-state index contributed by atoms with van der Waals surface area (Å²) < 4.78 is 30.5. The molecule has 0 aliphatic rings. The van der Waals surface area contributed by atoms with Gasteiger partial charge >= 0.3 is 13.8 Å². The minimum Gasteiger partial charge on any atom is -0.456 e. The van der Waals surface area contributed by atoms with E-state index in [2.05, 4.69) is 62.5 Å². The molecule has 10 heteroatoms. The molecule has 0 saturated heterocycles. The average Bonchev–Trinajstić information content (AvgIpc) is 3.26. The Bertz CT molecular complexity index is 1260. The van der Waals surface area contributed by atoms with E-state index in [4.69, 9.17) is 13.8 Å². The van der Waals surface area contributed by atoms with Crippen LogP contribution in [0.3, 0.4) is 0 Å². The second-order valence-electron chi connectivity index (χ2n) is 19.4. The van der Waals surface area contributed by atoms with E-state index >= 15 is 0 Å². The Morgan fingerprint density at radius 3 is 1.45 bits per heavy atom. The Morgan fingerprint density at radius 2 is 0.938 bits per heavy atom. The number of amides is 1. The molecule has 0 fully saturated rings. The molecule has 0 radical (unpaired) electrons. The highest BCUT2D eigenvalue weighted by Crippen LogP contribution is 2.43. The van der Waals surface area contributed by atoms with Crippen LogP contribution in [0.15, 0.2) is 48.6 Å². The number of hydrogen-bond acceptors (Lipinski definition) is 6. The molecule has 3 atom stereocenters. The van der Waals surface area contributed by atoms with E-state index in [0.29, 0.717) is 17.4 Å². The van der Waals surface area contributed by atoms with Crippen LogP contribution in [0.1, 0.15) is 239 Å². The molecule has 3 unspecified atom stereocenters. The lowest BCUT2D eigenvalue weighted by atomic mass is 10.1. The van der Waals surface area contributed by atoms with E-state index in [0.717, 1.165) is 89.9 Å². The van der Waals surface area contributed by atoms with E-state index in [1.54, 1.807) is 0 Å². The fourth-order valence-electron chi connectivity index (χ4n) is 7.51. The summed E-state index contributed by atoms with van der Waals surface area (Å²) >= 11 is 0. The van der Waals surface area contributed by atoms with Crippen molar-refractivity contribution in [3.05, 3.63) is 48.6 Å². The molecule has 9 nitrogen and oxygen atoms in total. The van der Waals surface area contributed by atoms with Crippen molar-refractivity contribution in [2.45, 2.75) is 251 Å². The van der Waals surface area contributed by atoms with E-state index in [1.165, 1.54) is 116 Å². The number of carbonyl (C=O) groups excluding carboxylic acids is 2. The third-order valence-electron chi connectivity index (χ3n) is 11.8. The molecular formula is C55H104N2O7P+. The van der Waals surface area contributed by atoms with E-state index in [1.807, 2.05) is 33.3 Å². The van der Waals surface area contributed by atoms with Gasteiger partial charge < -0.3 is 19.4 Å². The van der Waals surface area contributed by atoms with Gasteiger partial charge in [-0.05, 0) is 83.1 Å². The van der Waals surface area contributed by atoms with Crippen molar-refractivity contribution < 1.29 is 37.3 Å². The van der Waals surface area contributed by atoms with Gasteiger partial charge in [-0.25, -0.2) is 4.57 Å². The number of unbranched alkanes of at least 4 members (excludes halogenated alkanes) is 27. The number of phosphoric acid groups is 1. The van der Waals surface area contributed by atoms with Crippen LogP contribution >= 0.6 is 7.82 Å². The van der Waals surface area contributed by atoms with E-state index in [-0.39, 0.29) is 31.5 Å². The second kappa shape index (κ2) is 45.7. The summed E-state index contributed by atoms with van der Waals surface area (Å²) in [6.45, 7) is 6.94. The Labute approximate surface area is 401 Å². The molecular weight excluding hydrogens is 832 g/mol. The predicted octanol–water partition coefficient (Wildman–Crippen LogP) is 15.8. The van der Waals surface area contributed by atoms with Crippen LogP contribution in [0.2, 0.25) is 0 Å². The van der Waals surface area contributed by atoms with Crippen molar-refractivity contribution in [1.82, 2.24) is 5.32 Å². The highest BCUT2D eigenvalue weighted by Gasteiger charge is 2.30. The summed E-state index contributed by atoms with van der Waals surface area (Å²) in [7, 11) is 1.48. The summed E-state index contributed by atoms with van der Waals surface area (Å²) in [6.07, 6.45) is 53.9. The van der Waals surface area contributed by atoms with Crippen molar-refractivity contribution in [2.24, 2.45) is 0 Å². The number of ether oxygens (including phenoxy) is 1. The van der Waals surface area contributed by atoms with Crippen LogP contribution in [0.4, 0.5) is 0 Å². The number of hydrogen-bond donors (Lipinski definition) is 2. The van der Waals surface area contributed by atoms with Crippen molar-refractivity contribution >= 4 is 19.7 Å². The molecule has 65 heavy (non-hydrogen) atoms. The standard InChI is InChI=1S/C55H103N2O7P/c1-7-10-13-16-19-22-25-27-28-30-33-36-39-42-45-48-55(59)64-53(46-43-40-37-34-31-24-21-18-15-12-9-3)52(51-63-65(60,61)62-50-49-57(4,5)6)56-54(58)47-44-41-38-35-32-29-26-23-20-17-14-11-8-2/h19,22,25,27,29,32,43,46,52-53H,7-18,20-21,23-24,26,28,30-31,33-42,44-45,47-51H2,1-6H3,(H-,56,58,60,61)/p+1/b22-19+,27-25+,32-29-,46-43+. The summed E-state index contributed by atoms with van der Waals surface area (Å²) in [5.74, 6) is -0.538. The van der Waals surface area contributed by atoms with Crippen LogP contribution in [-0.2, 0) is 27.9 Å². The minimum atomic E-state index is -4.44. The zero-order valence-corrected chi connectivity index (χ0v) is 44.1. The highest BCUT2D eigenvalue weighted by atomic mass is 31.2. The fourth-order valence-corrected chi connectivity index (χ4v) is 8.25. The number of nitrogens with zero attached hydrogens (tertiary/aromatic N) is 1. The average molecular weight is 936 g/mol. The van der Waals surface area contributed by atoms with Crippen molar-refractivity contribution in [2.75, 3.05) is 40.9 Å². The van der Waals surface area contributed by atoms with Crippen LogP contribution in [0, 0.1) is 0 Å². The molecule has 0 bridgehead atoms. The lowest BCUT2D eigenvalue weighted by Crippen LogP contribution is -2.47. The Hall–Kier alpha value is -2.03. The molecule has 0 rings (SSSR count). The van der Waals surface area contributed by atoms with Gasteiger partial charge in [0.25, 0.3) is 0 Å². The topological polar surface area (TPSA) is 111 Å². The second-order valence-corrected chi connectivity index (χ2v) is 20.9. The predicted molar refractivity (Wildman–Crippen MR) is 277 cm³/mol. The smallest absolute Gasteiger partial charge is 0.456 e. The maximum Gasteiger partial charge on any atom is 0.472 e. The Balaban J connectivity index is 5.43. The van der Waals surface area contributed by atoms with Gasteiger partial charge in [0.05, 0.1) is 33.8 Å². The summed E-state index contributed by atoms with van der Waals surface area (Å²) in [6, 6.07) is -0.858. The summed E-state index contributed by atoms with van der Waals surface area (Å²) in [5, 5.41) is 3.02. The summed E-state index contributed by atoms with van der Waals surface area (Å²) in [5.41, 5.74) is 0. The number of esters is 1. The van der Waals surface area contributed by atoms with Crippen LogP contribution in [-0.4, -0.2) is 74.3 Å². The Morgan fingerprint density at radius 1 is 0.538 bits per heavy atom. The first-order chi connectivity index (χ1) is 31.4. The maximum atomic E-state index is 13.4. The number of carbonyl (C=O) groups is 2. The maximum absolute atomic E-state index is 13.4. The first kappa shape index (κ1) is 63.0. The van der Waals surface area contributed by atoms with Crippen LogP contribution in [0.25, 0.3) is 0 Å². The number of quaternary nitrogens is 1. The molecule has 0 aliphatic heterocycles. The molecule has 1 amide bonds. The number of allylic oxidation sites excluding steroid dienone is 7. The van der Waals surface area contributed by atoms with Gasteiger partial charge in [-0.15, -0.1) is 0 Å². The molecule has 0 aromatic rings. The van der Waals surface area contributed by atoms with Gasteiger partial charge in [-0.1, -0.05) is 192 Å². The van der Waals surface area contributed by atoms with Gasteiger partial charge in [0.15, 0.2) is 0 Å². The van der Waals surface area contributed by atoms with Crippen molar-refractivity contribution in [3.8, 4) is 0 Å². The Kier molecular flexibility index (Phi) is 44.3. The molecule has 0 aromatic carbocycles. The first-order valence-corrected chi connectivity index (χ1v) is 28.5. The molecule has 2 N–H and O–H groups in total. The first-order valence-electron chi connectivity index (χ1n) is 27.0. The molecule has 0 saturated carbocycles. The molecule has 0 aliphatic carbocycles. The van der Waals surface area contributed by atoms with Gasteiger partial charge in [-0.2, -0.15) is 0 Å². The number of likely N-dealkylation sites (N-methyl/N-ethyl adjacent to an activating group) is 1. The molecule has 0 heterocycles. The van der Waals surface area contributed by atoms with Crippen LogP contribution in [0.5, 0.6) is 0 Å². The monoisotopic (exact) mass is 936 g/mol. The summed E-state index contributed by atoms with van der Waals surface area (Å²) in [4.78, 5) is 37.4. The zero-order valence-electron chi connectivity index (χ0n) is 43.2. The quantitative estimate of drug-likeness (QED) is 0.0156. The number of phosphoric ester groups is 1. The number of nitrogens with one attached hydrogen (secondary N) is 1. The third-order valence-corrected chi connectivity index (χ3v) is 12.8. The largest absolute Gasteiger partial charge is 0.472 e. The van der Waals surface area contributed by atoms with E-state index < -0.39 is 20.0 Å². The third kappa shape index (κ3) is 46.9. The highest BCUT2D eigenvalue weighted by molar-refractivity contribution is 7.47. The fraction of sp³-hybridized carbons (Fsp3) is 0.818. The molecule has 0 aromatic heterocycles. The van der Waals surface area contributed by atoms with Crippen molar-refractivity contribution in [1.29, 1.82) is 0 Å². The zero-order chi connectivity index (χ0) is 48.0. The van der Waals surface area contributed by atoms with Crippen LogP contribution < -0.4 is 5.32 Å². The molecule has 380 valence electrons. The van der Waals surface area contributed by atoms with Gasteiger partial charge in [0.2, 0.25) is 5.91 Å². The van der Waals surface area contributed by atoms with E-state index in [9.17, 15) is 19.0 Å². The lowest BCUT2D eigenvalue weighted by Gasteiger charge is -2.27. The van der Waals surface area contributed by atoms with Crippen molar-refractivity contribution in [3.63, 3.8) is 0 Å². The SMILES string of the molecule is CCCCC/C=C/C=C/CCCCCCCCC(=O)OC(/C=C/CCCCCCCCCCC)C(COP(=O)(O)OCC[N+](C)(C)C)NC(=O)CCCCC/C=C\CCCCCCCC. The van der Waals surface area contributed by atoms with Gasteiger partial charge in [-0.3, -0.25) is 18.6 Å². The van der Waals surface area contributed by atoms with Gasteiger partial charge in [0.1, 0.15) is 19.3 Å². The molecule has 0 spiro atoms. The lowest BCUT2D eigenvalue weighted by molar-refractivity contribution is -0.870. The number of rotatable bonds is 48. The van der Waals surface area contributed by atoms with Gasteiger partial charge in [0, 0.05) is 12.8 Å². The minimum absolute atomic E-state index is 0.0352.